The molecule has 208 valence electrons. The first-order valence-corrected chi connectivity index (χ1v) is 14.5. The molecular formula is C20H28N7O9PS. The lowest BCUT2D eigenvalue weighted by Crippen LogP contribution is -2.36. The zero-order chi connectivity index (χ0) is 27.0. The summed E-state index contributed by atoms with van der Waals surface area (Å²) < 4.78 is 28.8. The fourth-order valence-electron chi connectivity index (χ4n) is 4.78. The second kappa shape index (κ2) is 10.9. The third-order valence-corrected chi connectivity index (χ3v) is 9.09. The number of ether oxygens (including phenoxy) is 1. The summed E-state index contributed by atoms with van der Waals surface area (Å²) in [4.78, 5) is 45.5. The van der Waals surface area contributed by atoms with Crippen molar-refractivity contribution in [1.82, 2.24) is 30.2 Å². The van der Waals surface area contributed by atoms with Gasteiger partial charge >= 0.3 is 19.8 Å². The first kappa shape index (κ1) is 27.1. The van der Waals surface area contributed by atoms with Gasteiger partial charge in [0.1, 0.15) is 30.2 Å². The van der Waals surface area contributed by atoms with E-state index in [0.717, 1.165) is 12.2 Å². The average Bonchev–Trinajstić information content (AvgIpc) is 3.61. The summed E-state index contributed by atoms with van der Waals surface area (Å²) in [5, 5.41) is 26.9. The van der Waals surface area contributed by atoms with E-state index in [-0.39, 0.29) is 46.8 Å². The summed E-state index contributed by atoms with van der Waals surface area (Å²) >= 11 is 1.76. The number of nitrogens with one attached hydrogen (secondary N) is 2. The van der Waals surface area contributed by atoms with Gasteiger partial charge in [0.15, 0.2) is 17.7 Å². The van der Waals surface area contributed by atoms with Gasteiger partial charge in [0.2, 0.25) is 0 Å². The number of aromatic nitrogens is 4. The maximum absolute atomic E-state index is 12.3. The van der Waals surface area contributed by atoms with Crippen molar-refractivity contribution in [3.05, 3.63) is 12.7 Å². The number of fused-ring (bicyclic) bond motifs is 2. The van der Waals surface area contributed by atoms with Gasteiger partial charge in [-0.1, -0.05) is 6.42 Å². The molecule has 0 spiro atoms. The molecule has 3 saturated heterocycles. The van der Waals surface area contributed by atoms with Gasteiger partial charge in [-0.2, -0.15) is 11.8 Å². The van der Waals surface area contributed by atoms with Crippen molar-refractivity contribution in [3.8, 4) is 0 Å². The number of phosphoric acid groups is 1. The molecule has 0 aromatic carbocycles. The highest BCUT2D eigenvalue weighted by molar-refractivity contribution is 8.00. The predicted molar refractivity (Wildman–Crippen MR) is 131 cm³/mol. The molecule has 3 unspecified atom stereocenters. The highest BCUT2D eigenvalue weighted by atomic mass is 32.2. The number of rotatable bonds is 10. The van der Waals surface area contributed by atoms with Crippen LogP contribution in [0.25, 0.3) is 11.2 Å². The van der Waals surface area contributed by atoms with E-state index in [2.05, 4.69) is 30.1 Å². The number of nitrogens with zero attached hydrogens (tertiary/aromatic N) is 4. The van der Waals surface area contributed by atoms with Crippen LogP contribution in [0.15, 0.2) is 12.7 Å². The average molecular weight is 574 g/mol. The van der Waals surface area contributed by atoms with Gasteiger partial charge in [-0.05, 0) is 12.8 Å². The molecule has 7 N–H and O–H groups in total. The molecule has 0 saturated carbocycles. The molecule has 2 amide bonds. The lowest BCUT2D eigenvalue weighted by atomic mass is 10.0. The number of urea groups is 1. The minimum absolute atomic E-state index is 0.0655. The smallest absolute Gasteiger partial charge is 0.387 e. The number of hydrogen-bond donors (Lipinski definition) is 6. The molecule has 3 aliphatic rings. The summed E-state index contributed by atoms with van der Waals surface area (Å²) in [6, 6.07) is 0.0180. The van der Waals surface area contributed by atoms with Crippen LogP contribution in [0.1, 0.15) is 31.9 Å². The van der Waals surface area contributed by atoms with E-state index in [9.17, 15) is 29.3 Å². The van der Waals surface area contributed by atoms with Crippen molar-refractivity contribution in [2.45, 2.75) is 67.6 Å². The largest absolute Gasteiger partial charge is 0.529 e. The van der Waals surface area contributed by atoms with Crippen molar-refractivity contribution in [2.24, 2.45) is 0 Å². The van der Waals surface area contributed by atoms with Crippen LogP contribution in [0, 0.1) is 0 Å². The fourth-order valence-corrected chi connectivity index (χ4v) is 7.06. The summed E-state index contributed by atoms with van der Waals surface area (Å²) in [5.74, 6) is 0.0483. The molecule has 2 aromatic rings. The molecule has 5 heterocycles. The lowest BCUT2D eigenvalue weighted by molar-refractivity contribution is -0.136. The highest BCUT2D eigenvalue weighted by Gasteiger charge is 2.46. The summed E-state index contributed by atoms with van der Waals surface area (Å²) in [6.07, 6.45) is -0.985. The number of thioether (sulfide) groups is 1. The van der Waals surface area contributed by atoms with Gasteiger partial charge in [-0.3, -0.25) is 18.8 Å². The second-order valence-corrected chi connectivity index (χ2v) is 11.9. The van der Waals surface area contributed by atoms with Gasteiger partial charge in [0.05, 0.1) is 25.0 Å². The molecule has 0 aliphatic carbocycles. The number of imidazole rings is 1. The Balaban J connectivity index is 1.06. The van der Waals surface area contributed by atoms with Crippen LogP contribution in [0.5, 0.6) is 0 Å². The van der Waals surface area contributed by atoms with Crippen LogP contribution in [-0.2, 0) is 23.1 Å². The van der Waals surface area contributed by atoms with Crippen LogP contribution in [0.2, 0.25) is 0 Å². The SMILES string of the molecule is Nc1ncnc2c1ncn2[C@@H]1O[C@H](COP(=O)(O)OC(=O)CCCC[C@@H]2SC[C@@H]3NC(=O)N[C@@H]32)C(O)C1O. The predicted octanol–water partition coefficient (Wildman–Crippen LogP) is -0.586. The summed E-state index contributed by atoms with van der Waals surface area (Å²) in [6.45, 7) is -0.638. The molecule has 0 bridgehead atoms. The Morgan fingerprint density at radius 2 is 2.08 bits per heavy atom. The van der Waals surface area contributed by atoms with E-state index >= 15 is 0 Å². The number of aliphatic hydroxyl groups excluding tert-OH is 2. The zero-order valence-corrected chi connectivity index (χ0v) is 21.7. The van der Waals surface area contributed by atoms with E-state index in [1.807, 2.05) is 0 Å². The highest BCUT2D eigenvalue weighted by Crippen LogP contribution is 2.45. The number of anilines is 1. The Morgan fingerprint density at radius 3 is 2.89 bits per heavy atom. The second-order valence-electron chi connectivity index (χ2n) is 9.22. The van der Waals surface area contributed by atoms with E-state index in [1.165, 1.54) is 17.2 Å². The quantitative estimate of drug-likeness (QED) is 0.119. The Morgan fingerprint density at radius 1 is 1.26 bits per heavy atom. The summed E-state index contributed by atoms with van der Waals surface area (Å²) in [5.41, 5.74) is 6.30. The number of carbonyl (C=O) groups excluding carboxylic acids is 2. The fraction of sp³-hybridized carbons (Fsp3) is 0.650. The van der Waals surface area contributed by atoms with E-state index in [4.69, 9.17) is 15.0 Å². The van der Waals surface area contributed by atoms with Gasteiger partial charge in [-0.25, -0.2) is 24.3 Å². The van der Waals surface area contributed by atoms with E-state index in [0.29, 0.717) is 12.8 Å². The number of carbonyl (C=O) groups is 2. The Hall–Kier alpha value is -2.53. The van der Waals surface area contributed by atoms with Crippen molar-refractivity contribution < 1.29 is 43.0 Å². The van der Waals surface area contributed by atoms with E-state index < -0.39 is 44.9 Å². The Kier molecular flexibility index (Phi) is 7.77. The number of phosphoric ester groups is 1. The third kappa shape index (κ3) is 5.59. The van der Waals surface area contributed by atoms with Crippen molar-refractivity contribution in [1.29, 1.82) is 0 Å². The minimum Gasteiger partial charge on any atom is -0.387 e. The van der Waals surface area contributed by atoms with Gasteiger partial charge < -0.3 is 35.8 Å². The molecule has 3 aliphatic heterocycles. The molecular weight excluding hydrogens is 545 g/mol. The number of hydrogen-bond acceptors (Lipinski definition) is 13. The first-order chi connectivity index (χ1) is 18.1. The molecule has 16 nitrogen and oxygen atoms in total. The maximum Gasteiger partial charge on any atom is 0.529 e. The lowest BCUT2D eigenvalue weighted by Gasteiger charge is -2.18. The van der Waals surface area contributed by atoms with Crippen molar-refractivity contribution in [3.63, 3.8) is 0 Å². The topological polar surface area (TPSA) is 233 Å². The van der Waals surface area contributed by atoms with Gasteiger partial charge in [0, 0.05) is 17.4 Å². The van der Waals surface area contributed by atoms with Crippen molar-refractivity contribution in [2.75, 3.05) is 18.1 Å². The number of unbranched alkanes of at least 4 members (excludes halogenated alkanes) is 1. The van der Waals surface area contributed by atoms with Crippen molar-refractivity contribution >= 4 is 48.6 Å². The Bertz CT molecular complexity index is 1250. The number of nitrogen functional groups attached to an aromatic ring is 1. The number of nitrogens with two attached hydrogens (primary N) is 1. The minimum atomic E-state index is -4.80. The molecule has 18 heteroatoms. The number of aliphatic hydroxyl groups is 2. The monoisotopic (exact) mass is 573 g/mol. The molecule has 38 heavy (non-hydrogen) atoms. The molecule has 3 fully saturated rings. The van der Waals surface area contributed by atoms with Crippen LogP contribution >= 0.6 is 19.6 Å². The summed E-state index contributed by atoms with van der Waals surface area (Å²) in [7, 11) is -4.80. The Labute approximate surface area is 220 Å². The molecule has 5 rings (SSSR count). The molecule has 0 radical (unpaired) electrons. The molecule has 2 aromatic heterocycles. The van der Waals surface area contributed by atoms with Crippen LogP contribution in [0.4, 0.5) is 10.6 Å². The van der Waals surface area contributed by atoms with Gasteiger partial charge in [0.25, 0.3) is 0 Å². The van der Waals surface area contributed by atoms with Gasteiger partial charge in [-0.15, -0.1) is 0 Å². The first-order valence-electron chi connectivity index (χ1n) is 12.0. The van der Waals surface area contributed by atoms with E-state index in [1.54, 1.807) is 11.8 Å². The third-order valence-electron chi connectivity index (χ3n) is 6.68. The zero-order valence-electron chi connectivity index (χ0n) is 20.0. The maximum atomic E-state index is 12.3. The van der Waals surface area contributed by atoms with Crippen LogP contribution < -0.4 is 16.4 Å². The van der Waals surface area contributed by atoms with Crippen LogP contribution in [-0.4, -0.2) is 94.6 Å². The molecule has 8 atom stereocenters. The number of amides is 2. The normalized spacial score (nSPS) is 32.1. The standard InChI is InChI=1S/C20H28N7O9PS/c21-17-14-18(23-7-22-17)27(8-24-14)19-16(30)15(29)10(35-19)5-34-37(32,33)36-12(28)4-2-1-3-11-13-9(6-38-11)25-20(31)26-13/h7-11,13,15-16,19,29-30H,1-6H2,(H,32,33)(H2,21,22,23)(H2,25,26,31)/t9-,10+,11-,13-,15?,16?,19+/m0/s1. The van der Waals surface area contributed by atoms with Crippen LogP contribution in [0.3, 0.4) is 0 Å².